The molecule has 0 bridgehead atoms. The van der Waals surface area contributed by atoms with Gasteiger partial charge in [-0.3, -0.25) is 9.59 Å². The van der Waals surface area contributed by atoms with Crippen LogP contribution in [-0.2, 0) is 9.59 Å². The van der Waals surface area contributed by atoms with E-state index in [0.717, 1.165) is 17.7 Å². The van der Waals surface area contributed by atoms with Gasteiger partial charge in [-0.1, -0.05) is 26.0 Å². The molecule has 122 valence electrons. The van der Waals surface area contributed by atoms with Gasteiger partial charge >= 0.3 is 0 Å². The first-order valence-electron chi connectivity index (χ1n) is 7.60. The summed E-state index contributed by atoms with van der Waals surface area (Å²) in [5, 5.41) is 5.72. The minimum absolute atomic E-state index is 0.0600. The standard InChI is InChI=1S/C17H26N2O3/c1-12(2)9-10-18-17(21)11-16(19-13(3)20)14-5-7-15(22-4)8-6-14/h5-8,12,16H,9-11H2,1-4H3,(H,18,21)(H,19,20)/t16-/m1/s1. The van der Waals surface area contributed by atoms with Gasteiger partial charge in [0, 0.05) is 13.5 Å². The van der Waals surface area contributed by atoms with Crippen molar-refractivity contribution in [1.29, 1.82) is 0 Å². The maximum atomic E-state index is 12.0. The number of hydrogen-bond acceptors (Lipinski definition) is 3. The third-order valence-electron chi connectivity index (χ3n) is 3.33. The van der Waals surface area contributed by atoms with Crippen LogP contribution in [0.4, 0.5) is 0 Å². The first-order chi connectivity index (χ1) is 10.4. The molecular formula is C17H26N2O3. The van der Waals surface area contributed by atoms with Crippen LogP contribution < -0.4 is 15.4 Å². The van der Waals surface area contributed by atoms with Crippen molar-refractivity contribution in [2.75, 3.05) is 13.7 Å². The quantitative estimate of drug-likeness (QED) is 0.775. The van der Waals surface area contributed by atoms with E-state index in [2.05, 4.69) is 24.5 Å². The van der Waals surface area contributed by atoms with Gasteiger partial charge in [-0.25, -0.2) is 0 Å². The molecule has 1 aromatic carbocycles. The highest BCUT2D eigenvalue weighted by Crippen LogP contribution is 2.20. The second-order valence-electron chi connectivity index (χ2n) is 5.76. The Morgan fingerprint density at radius 2 is 1.82 bits per heavy atom. The molecule has 22 heavy (non-hydrogen) atoms. The van der Waals surface area contributed by atoms with Gasteiger partial charge in [-0.15, -0.1) is 0 Å². The van der Waals surface area contributed by atoms with Gasteiger partial charge < -0.3 is 15.4 Å². The number of nitrogens with one attached hydrogen (secondary N) is 2. The lowest BCUT2D eigenvalue weighted by atomic mass is 10.0. The Morgan fingerprint density at radius 3 is 2.32 bits per heavy atom. The van der Waals surface area contributed by atoms with Gasteiger partial charge in [-0.2, -0.15) is 0 Å². The van der Waals surface area contributed by atoms with Crippen molar-refractivity contribution in [3.63, 3.8) is 0 Å². The van der Waals surface area contributed by atoms with E-state index in [4.69, 9.17) is 4.74 Å². The molecule has 1 atom stereocenters. The summed E-state index contributed by atoms with van der Waals surface area (Å²) in [5.41, 5.74) is 0.884. The summed E-state index contributed by atoms with van der Waals surface area (Å²) in [5.74, 6) is 1.07. The predicted molar refractivity (Wildman–Crippen MR) is 86.6 cm³/mol. The molecule has 0 aliphatic heterocycles. The highest BCUT2D eigenvalue weighted by atomic mass is 16.5. The molecule has 0 fully saturated rings. The van der Waals surface area contributed by atoms with Gasteiger partial charge in [0.05, 0.1) is 19.6 Å². The van der Waals surface area contributed by atoms with Crippen molar-refractivity contribution in [2.45, 2.75) is 39.7 Å². The maximum absolute atomic E-state index is 12.0. The summed E-state index contributed by atoms with van der Waals surface area (Å²) in [4.78, 5) is 23.4. The zero-order chi connectivity index (χ0) is 16.5. The van der Waals surface area contributed by atoms with Crippen LogP contribution >= 0.6 is 0 Å². The van der Waals surface area contributed by atoms with Crippen LogP contribution in [-0.4, -0.2) is 25.5 Å². The normalized spacial score (nSPS) is 11.9. The number of amides is 2. The Bertz CT molecular complexity index is 483. The number of ether oxygens (including phenoxy) is 1. The number of carbonyl (C=O) groups excluding carboxylic acids is 2. The van der Waals surface area contributed by atoms with E-state index < -0.39 is 0 Å². The Morgan fingerprint density at radius 1 is 1.18 bits per heavy atom. The molecule has 0 aromatic heterocycles. The molecule has 1 aromatic rings. The lowest BCUT2D eigenvalue weighted by Crippen LogP contribution is -2.33. The smallest absolute Gasteiger partial charge is 0.222 e. The minimum atomic E-state index is -0.331. The molecule has 2 N–H and O–H groups in total. The summed E-state index contributed by atoms with van der Waals surface area (Å²) in [6.45, 7) is 6.34. The van der Waals surface area contributed by atoms with Crippen molar-refractivity contribution in [3.05, 3.63) is 29.8 Å². The predicted octanol–water partition coefficient (Wildman–Crippen LogP) is 2.42. The van der Waals surface area contributed by atoms with Crippen molar-refractivity contribution in [2.24, 2.45) is 5.92 Å². The third kappa shape index (κ3) is 6.61. The Labute approximate surface area is 132 Å². The first-order valence-corrected chi connectivity index (χ1v) is 7.60. The van der Waals surface area contributed by atoms with Crippen molar-refractivity contribution in [1.82, 2.24) is 10.6 Å². The average Bonchev–Trinajstić information content (AvgIpc) is 2.46. The molecule has 1 rings (SSSR count). The van der Waals surface area contributed by atoms with E-state index >= 15 is 0 Å². The van der Waals surface area contributed by atoms with E-state index in [1.54, 1.807) is 7.11 Å². The lowest BCUT2D eigenvalue weighted by Gasteiger charge is -2.18. The molecule has 0 saturated carbocycles. The third-order valence-corrected chi connectivity index (χ3v) is 3.33. The Hall–Kier alpha value is -2.04. The molecule has 2 amide bonds. The molecule has 0 aliphatic carbocycles. The summed E-state index contributed by atoms with van der Waals surface area (Å²) in [6, 6.07) is 7.03. The van der Waals surface area contributed by atoms with Gasteiger partial charge in [0.25, 0.3) is 0 Å². The topological polar surface area (TPSA) is 67.4 Å². The number of rotatable bonds is 8. The van der Waals surface area contributed by atoms with Crippen LogP contribution in [0.1, 0.15) is 45.2 Å². The average molecular weight is 306 g/mol. The molecule has 0 saturated heterocycles. The molecular weight excluding hydrogens is 280 g/mol. The highest BCUT2D eigenvalue weighted by Gasteiger charge is 2.17. The summed E-state index contributed by atoms with van der Waals surface area (Å²) in [7, 11) is 1.60. The largest absolute Gasteiger partial charge is 0.497 e. The van der Waals surface area contributed by atoms with E-state index in [1.807, 2.05) is 24.3 Å². The van der Waals surface area contributed by atoms with Crippen LogP contribution in [0.15, 0.2) is 24.3 Å². The fourth-order valence-electron chi connectivity index (χ4n) is 2.09. The number of methoxy groups -OCH3 is 1. The molecule has 5 heteroatoms. The minimum Gasteiger partial charge on any atom is -0.497 e. The van der Waals surface area contributed by atoms with E-state index in [1.165, 1.54) is 6.92 Å². The summed E-state index contributed by atoms with van der Waals surface area (Å²) >= 11 is 0. The molecule has 0 spiro atoms. The highest BCUT2D eigenvalue weighted by molar-refractivity contribution is 5.79. The van der Waals surface area contributed by atoms with E-state index in [-0.39, 0.29) is 24.3 Å². The van der Waals surface area contributed by atoms with Gasteiger partial charge in [0.1, 0.15) is 5.75 Å². The number of carbonyl (C=O) groups is 2. The second-order valence-corrected chi connectivity index (χ2v) is 5.76. The van der Waals surface area contributed by atoms with Crippen molar-refractivity contribution < 1.29 is 14.3 Å². The zero-order valence-corrected chi connectivity index (χ0v) is 13.8. The molecule has 0 radical (unpaired) electrons. The fourth-order valence-corrected chi connectivity index (χ4v) is 2.09. The molecule has 5 nitrogen and oxygen atoms in total. The molecule has 0 unspecified atom stereocenters. The van der Waals surface area contributed by atoms with Crippen LogP contribution in [0.3, 0.4) is 0 Å². The Balaban J connectivity index is 2.67. The molecule has 0 aliphatic rings. The first kappa shape index (κ1) is 18.0. The van der Waals surface area contributed by atoms with Crippen LogP contribution in [0.2, 0.25) is 0 Å². The van der Waals surface area contributed by atoms with Crippen molar-refractivity contribution in [3.8, 4) is 5.75 Å². The van der Waals surface area contributed by atoms with Crippen LogP contribution in [0.25, 0.3) is 0 Å². The summed E-state index contributed by atoms with van der Waals surface area (Å²) in [6.07, 6.45) is 1.17. The number of hydrogen-bond donors (Lipinski definition) is 2. The van der Waals surface area contributed by atoms with Gasteiger partial charge in [0.2, 0.25) is 11.8 Å². The second kappa shape index (κ2) is 9.07. The van der Waals surface area contributed by atoms with Gasteiger partial charge in [0.15, 0.2) is 0 Å². The zero-order valence-electron chi connectivity index (χ0n) is 13.8. The maximum Gasteiger partial charge on any atom is 0.222 e. The summed E-state index contributed by atoms with van der Waals surface area (Å²) < 4.78 is 5.12. The number of benzene rings is 1. The fraction of sp³-hybridized carbons (Fsp3) is 0.529. The van der Waals surface area contributed by atoms with E-state index in [9.17, 15) is 9.59 Å². The van der Waals surface area contributed by atoms with E-state index in [0.29, 0.717) is 12.5 Å². The SMILES string of the molecule is COc1ccc([C@@H](CC(=O)NCCC(C)C)NC(C)=O)cc1. The molecule has 0 heterocycles. The Kier molecular flexibility index (Phi) is 7.43. The lowest BCUT2D eigenvalue weighted by molar-refractivity contribution is -0.122. The van der Waals surface area contributed by atoms with Gasteiger partial charge in [-0.05, 0) is 30.0 Å². The van der Waals surface area contributed by atoms with Crippen LogP contribution in [0, 0.1) is 5.92 Å². The monoisotopic (exact) mass is 306 g/mol. The van der Waals surface area contributed by atoms with Crippen LogP contribution in [0.5, 0.6) is 5.75 Å². The van der Waals surface area contributed by atoms with Crippen molar-refractivity contribution >= 4 is 11.8 Å².